The van der Waals surface area contributed by atoms with Crippen LogP contribution in [0.4, 0.5) is 0 Å². The van der Waals surface area contributed by atoms with Gasteiger partial charge < -0.3 is 0 Å². The average molecular weight is 860 g/mol. The summed E-state index contributed by atoms with van der Waals surface area (Å²) in [5.41, 5.74) is 15.1. The van der Waals surface area contributed by atoms with E-state index in [-0.39, 0.29) is 24.8 Å². The Morgan fingerprint density at radius 3 is 1.29 bits per heavy atom. The van der Waals surface area contributed by atoms with Crippen molar-refractivity contribution in [2.45, 2.75) is 68.1 Å². The van der Waals surface area contributed by atoms with Crippen LogP contribution in [-0.4, -0.2) is 14.2 Å². The van der Waals surface area contributed by atoms with Gasteiger partial charge >= 0.3 is 288 Å². The van der Waals surface area contributed by atoms with Crippen LogP contribution in [0.25, 0.3) is 34.4 Å². The van der Waals surface area contributed by atoms with Crippen molar-refractivity contribution in [2.75, 3.05) is 14.2 Å². The summed E-state index contributed by atoms with van der Waals surface area (Å²) in [5, 5.41) is 0. The first-order valence-corrected chi connectivity index (χ1v) is 26.2. The number of benzene rings is 4. The van der Waals surface area contributed by atoms with Crippen LogP contribution in [-0.2, 0) is 20.0 Å². The number of halogens is 2. The Balaban J connectivity index is 0.00000208. The average Bonchev–Trinajstić information content (AvgIpc) is 3.37. The second kappa shape index (κ2) is 14.2. The molecule has 4 aromatic carbocycles. The molecule has 4 atom stereocenters. The van der Waals surface area contributed by atoms with Crippen molar-refractivity contribution in [1.82, 2.24) is 0 Å². The van der Waals surface area contributed by atoms with E-state index in [1.165, 1.54) is 59.1 Å². The van der Waals surface area contributed by atoms with E-state index < -0.39 is 20.0 Å². The van der Waals surface area contributed by atoms with Gasteiger partial charge in [-0.25, -0.2) is 0 Å². The first-order valence-electron chi connectivity index (χ1n) is 17.9. The van der Waals surface area contributed by atoms with Gasteiger partial charge in [0.25, 0.3) is 0 Å². The van der Waals surface area contributed by atoms with Gasteiger partial charge in [0.2, 0.25) is 0 Å². The number of hydrogen-bond donors (Lipinski definition) is 0. The molecule has 4 unspecified atom stereocenters. The molecule has 3 aliphatic carbocycles. The predicted octanol–water partition coefficient (Wildman–Crippen LogP) is 13.1. The number of methoxy groups -OCH3 is 2. The van der Waals surface area contributed by atoms with E-state index in [1.807, 2.05) is 0 Å². The largest absolute Gasteiger partial charge is 0.147 e. The number of rotatable bonds is 8. The maximum atomic E-state index is 5.52. The molecule has 0 spiro atoms. The molecule has 2 nitrogen and oxygen atoms in total. The molecule has 8 rings (SSSR count). The summed E-state index contributed by atoms with van der Waals surface area (Å²) in [5.74, 6) is 2.90. The Hall–Kier alpha value is -2.59. The minimum Gasteiger partial charge on any atom is -0.147 e. The van der Waals surface area contributed by atoms with Crippen molar-refractivity contribution in [3.05, 3.63) is 118 Å². The van der Waals surface area contributed by atoms with Crippen molar-refractivity contribution >= 4 is 37.0 Å². The summed E-state index contributed by atoms with van der Waals surface area (Å²) in [6.45, 7) is 9.87. The van der Waals surface area contributed by atoms with E-state index in [1.54, 1.807) is 36.5 Å². The van der Waals surface area contributed by atoms with Gasteiger partial charge in [-0.3, -0.25) is 0 Å². The van der Waals surface area contributed by atoms with Gasteiger partial charge in [-0.2, -0.15) is 0 Å². The molecule has 5 heteroatoms. The molecular weight excluding hydrogens is 810 g/mol. The molecule has 0 aromatic heterocycles. The second-order valence-corrected chi connectivity index (χ2v) is 31.7. The monoisotopic (exact) mass is 860 g/mol. The van der Waals surface area contributed by atoms with Crippen LogP contribution in [0, 0.1) is 11.8 Å². The molecule has 1 saturated heterocycles. The van der Waals surface area contributed by atoms with Crippen LogP contribution in [0.15, 0.2) is 96.1 Å². The quantitative estimate of drug-likeness (QED) is 0.164. The smallest absolute Gasteiger partial charge is 0.147 e. The number of fused-ring (bicyclic) bond motifs is 3. The molecule has 0 bridgehead atoms. The van der Waals surface area contributed by atoms with Crippen molar-refractivity contribution in [3.63, 3.8) is 0 Å². The Labute approximate surface area is 310 Å². The third-order valence-electron chi connectivity index (χ3n) is 12.3. The standard InChI is InChI=1S/2C19H19O.C6H10.2ClH.Hf/c2*1-13(2)16-11-15-5-4-6-18(19(15)12-16)14-7-9-17(20-3)10-8-14;1-2-4-6-5-3-1;;;/h2*4-13H,1-3H3;1-2H,3-6H2;2*1H;. The Bertz CT molecular complexity index is 1750. The summed E-state index contributed by atoms with van der Waals surface area (Å²) >= 11 is -3.30. The number of ether oxygens (including phenoxy) is 2. The van der Waals surface area contributed by atoms with Crippen LogP contribution in [0.2, 0.25) is 7.35 Å². The van der Waals surface area contributed by atoms with Gasteiger partial charge in [-0.05, 0) is 0 Å². The zero-order valence-corrected chi connectivity index (χ0v) is 34.9. The molecule has 256 valence electrons. The minimum atomic E-state index is -3.30. The van der Waals surface area contributed by atoms with Crippen LogP contribution >= 0.6 is 24.8 Å². The zero-order valence-electron chi connectivity index (χ0n) is 29.7. The van der Waals surface area contributed by atoms with Crippen molar-refractivity contribution in [3.8, 4) is 33.8 Å². The summed E-state index contributed by atoms with van der Waals surface area (Å²) in [6, 6.07) is 31.9. The van der Waals surface area contributed by atoms with E-state index in [2.05, 4.69) is 125 Å². The van der Waals surface area contributed by atoms with E-state index in [0.29, 0.717) is 19.2 Å². The molecule has 0 radical (unpaired) electrons. The molecule has 0 amide bonds. The van der Waals surface area contributed by atoms with Crippen molar-refractivity contribution in [1.29, 1.82) is 0 Å². The maximum Gasteiger partial charge on any atom is -0.147 e. The van der Waals surface area contributed by atoms with Gasteiger partial charge in [0.15, 0.2) is 0 Å². The topological polar surface area (TPSA) is 18.5 Å². The van der Waals surface area contributed by atoms with E-state index in [0.717, 1.165) is 18.8 Å². The van der Waals surface area contributed by atoms with Crippen LogP contribution in [0.5, 0.6) is 11.5 Å². The molecule has 49 heavy (non-hydrogen) atoms. The maximum absolute atomic E-state index is 5.52. The minimum absolute atomic E-state index is 0. The molecule has 1 aliphatic heterocycles. The van der Waals surface area contributed by atoms with Crippen molar-refractivity contribution < 1.29 is 29.4 Å². The number of hydrogen-bond acceptors (Lipinski definition) is 2. The second-order valence-electron chi connectivity index (χ2n) is 15.0. The third-order valence-corrected chi connectivity index (χ3v) is 36.9. The van der Waals surface area contributed by atoms with Gasteiger partial charge in [0.05, 0.1) is 0 Å². The Morgan fingerprint density at radius 2 is 0.939 bits per heavy atom. The van der Waals surface area contributed by atoms with Crippen molar-refractivity contribution in [2.24, 2.45) is 11.8 Å². The van der Waals surface area contributed by atoms with E-state index >= 15 is 0 Å². The predicted molar refractivity (Wildman–Crippen MR) is 208 cm³/mol. The summed E-state index contributed by atoms with van der Waals surface area (Å²) in [7, 11) is 3.50. The van der Waals surface area contributed by atoms with E-state index in [4.69, 9.17) is 9.47 Å². The molecule has 0 N–H and O–H groups in total. The number of allylic oxidation sites excluding steroid dienone is 2. The molecular formula is C44H50Cl2HfO2. The van der Waals surface area contributed by atoms with Gasteiger partial charge in [-0.15, -0.1) is 24.8 Å². The van der Waals surface area contributed by atoms with Crippen LogP contribution in [0.1, 0.15) is 83.0 Å². The van der Waals surface area contributed by atoms with Crippen LogP contribution < -0.4 is 9.47 Å². The van der Waals surface area contributed by atoms with Gasteiger partial charge in [0, 0.05) is 0 Å². The van der Waals surface area contributed by atoms with Gasteiger partial charge in [-0.1, -0.05) is 0 Å². The molecule has 2 fully saturated rings. The first-order chi connectivity index (χ1) is 22.9. The van der Waals surface area contributed by atoms with Crippen LogP contribution in [0.3, 0.4) is 0 Å². The summed E-state index contributed by atoms with van der Waals surface area (Å²) in [6.07, 6.45) is 11.1. The molecule has 4 aromatic rings. The van der Waals surface area contributed by atoms with Gasteiger partial charge in [0.1, 0.15) is 0 Å². The Kier molecular flexibility index (Phi) is 10.5. The fourth-order valence-corrected chi connectivity index (χ4v) is 46.6. The molecule has 1 heterocycles. The fourth-order valence-electron chi connectivity index (χ4n) is 10.3. The zero-order chi connectivity index (χ0) is 32.4. The fraction of sp³-hybridized carbons (Fsp3) is 0.364. The Morgan fingerprint density at radius 1 is 0.551 bits per heavy atom. The normalized spacial score (nSPS) is 24.6. The first kappa shape index (κ1) is 36.2. The summed E-state index contributed by atoms with van der Waals surface area (Å²) < 4.78 is 14.3. The SMILES string of the molecule is COc1ccc(-c2cccc3c2C=C(C(C)C)[CH]3[Hf]2([CH]3C(C(C)C)=Cc4c(-c5ccc(OC)cc5)cccc43)[CH]3CCCC[CH]32)cc1.Cl.Cl. The summed E-state index contributed by atoms with van der Waals surface area (Å²) in [4.78, 5) is 0. The molecule has 4 aliphatic rings. The van der Waals surface area contributed by atoms with E-state index in [9.17, 15) is 0 Å². The molecule has 1 saturated carbocycles. The third kappa shape index (κ3) is 5.71.